The molecule has 1 aliphatic heterocycles. The van der Waals surface area contributed by atoms with Crippen molar-refractivity contribution in [1.29, 1.82) is 0 Å². The Bertz CT molecular complexity index is 2040. The van der Waals surface area contributed by atoms with Crippen molar-refractivity contribution in [2.24, 2.45) is 4.99 Å². The fourth-order valence-corrected chi connectivity index (χ4v) is 6.70. The van der Waals surface area contributed by atoms with Gasteiger partial charge in [0.25, 0.3) is 11.2 Å². The number of allylic oxidation sites excluding steroid dienone is 1. The Morgan fingerprint density at radius 1 is 0.929 bits per heavy atom. The number of hydrogen-bond acceptors (Lipinski definition) is 6. The molecule has 1 aliphatic carbocycles. The van der Waals surface area contributed by atoms with Gasteiger partial charge in [-0.25, -0.2) is 4.99 Å². The molecule has 0 bridgehead atoms. The maximum Gasteiger partial charge on any atom is 0.271 e. The molecule has 0 unspecified atom stereocenters. The summed E-state index contributed by atoms with van der Waals surface area (Å²) >= 11 is 1.39. The number of para-hydroxylation sites is 1. The van der Waals surface area contributed by atoms with Gasteiger partial charge < -0.3 is 4.74 Å². The molecule has 0 amide bonds. The maximum absolute atomic E-state index is 14.1. The standard InChI is InChI=1S/C34H25N3O4S/c38-33-30(20-25-11-5-7-13-29(25)41-21-22-14-17-26(18-15-22)37(39)40)42-34-35-31-27-12-6-4-8-23(27)16-19-28(31)32(36(33)34)24-9-2-1-3-10-24/h1-15,17-18,20,32H,16,19,21H2/b30-20-/t32-/m0/s1. The Hall–Kier alpha value is -5.08. The summed E-state index contributed by atoms with van der Waals surface area (Å²) in [7, 11) is 0. The van der Waals surface area contributed by atoms with Gasteiger partial charge in [0, 0.05) is 23.3 Å². The fraction of sp³-hybridized carbons (Fsp3) is 0.118. The summed E-state index contributed by atoms with van der Waals surface area (Å²) in [6.45, 7) is 0.240. The first-order chi connectivity index (χ1) is 20.6. The number of fused-ring (bicyclic) bond motifs is 3. The number of aromatic nitrogens is 1. The third-order valence-electron chi connectivity index (χ3n) is 7.74. The smallest absolute Gasteiger partial charge is 0.271 e. The summed E-state index contributed by atoms with van der Waals surface area (Å²) < 4.78 is 8.53. The van der Waals surface area contributed by atoms with E-state index in [2.05, 4.69) is 30.3 Å². The third kappa shape index (κ3) is 4.65. The van der Waals surface area contributed by atoms with Gasteiger partial charge in [0.1, 0.15) is 12.4 Å². The van der Waals surface area contributed by atoms with Gasteiger partial charge in [-0.15, -0.1) is 0 Å². The molecule has 0 saturated carbocycles. The van der Waals surface area contributed by atoms with E-state index in [0.29, 0.717) is 15.1 Å². The molecule has 1 atom stereocenters. The number of nitrogens with zero attached hydrogens (tertiary/aromatic N) is 3. The maximum atomic E-state index is 14.1. The second kappa shape index (κ2) is 10.7. The number of thiazole rings is 1. The van der Waals surface area contributed by atoms with E-state index in [9.17, 15) is 14.9 Å². The van der Waals surface area contributed by atoms with Crippen molar-refractivity contribution in [3.8, 4) is 5.75 Å². The Morgan fingerprint density at radius 2 is 1.67 bits per heavy atom. The van der Waals surface area contributed by atoms with Gasteiger partial charge in [-0.3, -0.25) is 19.5 Å². The van der Waals surface area contributed by atoms with Crippen LogP contribution in [0.25, 0.3) is 11.8 Å². The predicted molar refractivity (Wildman–Crippen MR) is 163 cm³/mol. The SMILES string of the molecule is O=c1/c(=C/c2ccccc2OCc2ccc([N+](=O)[O-])cc2)sc2n1[C@@H](c1ccccc1)C1=C(N=2)c2ccccc2CC1. The number of hydrogen-bond donors (Lipinski definition) is 0. The average molecular weight is 572 g/mol. The zero-order chi connectivity index (χ0) is 28.6. The van der Waals surface area contributed by atoms with Crippen LogP contribution in [0.4, 0.5) is 5.69 Å². The van der Waals surface area contributed by atoms with Crippen LogP contribution in [0.3, 0.4) is 0 Å². The van der Waals surface area contributed by atoms with Crippen LogP contribution < -0.4 is 19.6 Å². The second-order valence-corrected chi connectivity index (χ2v) is 11.3. The lowest BCUT2D eigenvalue weighted by atomic mass is 9.83. The first-order valence-corrected chi connectivity index (χ1v) is 14.5. The summed E-state index contributed by atoms with van der Waals surface area (Å²) in [6.07, 6.45) is 3.63. The number of aryl methyl sites for hydroxylation is 1. The first kappa shape index (κ1) is 25.9. The molecular weight excluding hydrogens is 546 g/mol. The lowest BCUT2D eigenvalue weighted by Gasteiger charge is -2.30. The lowest BCUT2D eigenvalue weighted by Crippen LogP contribution is -2.38. The van der Waals surface area contributed by atoms with E-state index in [4.69, 9.17) is 9.73 Å². The van der Waals surface area contributed by atoms with Crippen LogP contribution in [0.15, 0.2) is 118 Å². The Kier molecular flexibility index (Phi) is 6.60. The minimum atomic E-state index is -0.423. The van der Waals surface area contributed by atoms with Crippen molar-refractivity contribution >= 4 is 28.8 Å². The van der Waals surface area contributed by atoms with Crippen molar-refractivity contribution in [3.05, 3.63) is 166 Å². The molecule has 206 valence electrons. The van der Waals surface area contributed by atoms with E-state index in [1.807, 2.05) is 59.2 Å². The Labute approximate surface area is 245 Å². The van der Waals surface area contributed by atoms with Gasteiger partial charge in [-0.2, -0.15) is 0 Å². The topological polar surface area (TPSA) is 86.7 Å². The molecule has 0 fully saturated rings. The molecular formula is C34H25N3O4S. The highest BCUT2D eigenvalue weighted by atomic mass is 32.1. The minimum absolute atomic E-state index is 0.0356. The quantitative estimate of drug-likeness (QED) is 0.190. The second-order valence-electron chi connectivity index (χ2n) is 10.3. The molecule has 7 rings (SSSR count). The zero-order valence-corrected chi connectivity index (χ0v) is 23.3. The van der Waals surface area contributed by atoms with Crippen LogP contribution in [-0.2, 0) is 13.0 Å². The van der Waals surface area contributed by atoms with Gasteiger partial charge in [-0.05, 0) is 59.4 Å². The van der Waals surface area contributed by atoms with E-state index >= 15 is 0 Å². The van der Waals surface area contributed by atoms with Crippen LogP contribution in [0.1, 0.15) is 40.3 Å². The van der Waals surface area contributed by atoms with Gasteiger partial charge in [0.2, 0.25) is 0 Å². The van der Waals surface area contributed by atoms with E-state index in [1.54, 1.807) is 12.1 Å². The van der Waals surface area contributed by atoms with Gasteiger partial charge in [-0.1, -0.05) is 84.1 Å². The predicted octanol–water partition coefficient (Wildman–Crippen LogP) is 5.81. The highest BCUT2D eigenvalue weighted by Gasteiger charge is 2.32. The summed E-state index contributed by atoms with van der Waals surface area (Å²) in [5, 5.41) is 11.0. The van der Waals surface area contributed by atoms with Crippen LogP contribution in [-0.4, -0.2) is 9.49 Å². The van der Waals surface area contributed by atoms with E-state index in [-0.39, 0.29) is 23.9 Å². The average Bonchev–Trinajstić information content (AvgIpc) is 3.34. The van der Waals surface area contributed by atoms with Crippen molar-refractivity contribution in [1.82, 2.24) is 4.57 Å². The number of benzene rings is 4. The molecule has 0 spiro atoms. The highest BCUT2D eigenvalue weighted by Crippen LogP contribution is 2.41. The zero-order valence-electron chi connectivity index (χ0n) is 22.5. The number of nitro benzene ring substituents is 1. The van der Waals surface area contributed by atoms with E-state index < -0.39 is 4.92 Å². The van der Waals surface area contributed by atoms with Gasteiger partial charge in [0.15, 0.2) is 4.80 Å². The summed E-state index contributed by atoms with van der Waals surface area (Å²) in [5.74, 6) is 0.620. The molecule has 0 radical (unpaired) electrons. The van der Waals surface area contributed by atoms with E-state index in [1.165, 1.54) is 34.6 Å². The van der Waals surface area contributed by atoms with E-state index in [0.717, 1.165) is 40.8 Å². The van der Waals surface area contributed by atoms with Crippen LogP contribution in [0, 0.1) is 10.1 Å². The highest BCUT2D eigenvalue weighted by molar-refractivity contribution is 7.07. The van der Waals surface area contributed by atoms with Crippen molar-refractivity contribution < 1.29 is 9.66 Å². The fourth-order valence-electron chi connectivity index (χ4n) is 5.71. The molecule has 0 N–H and O–H groups in total. The van der Waals surface area contributed by atoms with Gasteiger partial charge >= 0.3 is 0 Å². The summed E-state index contributed by atoms with van der Waals surface area (Å²) in [5.41, 5.74) is 7.18. The molecule has 7 nitrogen and oxygen atoms in total. The largest absolute Gasteiger partial charge is 0.488 e. The lowest BCUT2D eigenvalue weighted by molar-refractivity contribution is -0.384. The molecule has 4 aromatic carbocycles. The molecule has 5 aromatic rings. The van der Waals surface area contributed by atoms with Crippen molar-refractivity contribution in [2.45, 2.75) is 25.5 Å². The third-order valence-corrected chi connectivity index (χ3v) is 8.72. The summed E-state index contributed by atoms with van der Waals surface area (Å²) in [6, 6.07) is 32.2. The minimum Gasteiger partial charge on any atom is -0.488 e. The van der Waals surface area contributed by atoms with Crippen LogP contribution in [0.5, 0.6) is 5.75 Å². The molecule has 1 aromatic heterocycles. The molecule has 2 heterocycles. The number of nitro groups is 1. The monoisotopic (exact) mass is 571 g/mol. The Balaban J connectivity index is 1.31. The molecule has 42 heavy (non-hydrogen) atoms. The Morgan fingerprint density at radius 3 is 2.48 bits per heavy atom. The van der Waals surface area contributed by atoms with Crippen LogP contribution >= 0.6 is 11.3 Å². The molecule has 0 saturated heterocycles. The first-order valence-electron chi connectivity index (χ1n) is 13.7. The molecule has 2 aliphatic rings. The summed E-state index contributed by atoms with van der Waals surface area (Å²) in [4.78, 5) is 30.4. The van der Waals surface area contributed by atoms with Gasteiger partial charge in [0.05, 0.1) is 21.2 Å². The van der Waals surface area contributed by atoms with Crippen LogP contribution in [0.2, 0.25) is 0 Å². The molecule has 8 heteroatoms. The number of rotatable bonds is 6. The number of ether oxygens (including phenoxy) is 1. The normalized spacial score (nSPS) is 15.8. The van der Waals surface area contributed by atoms with Crippen molar-refractivity contribution in [2.75, 3.05) is 0 Å². The number of non-ortho nitro benzene ring substituents is 1. The van der Waals surface area contributed by atoms with Crippen molar-refractivity contribution in [3.63, 3.8) is 0 Å².